The van der Waals surface area contributed by atoms with E-state index in [9.17, 15) is 5.26 Å². The van der Waals surface area contributed by atoms with Crippen LogP contribution in [0.1, 0.15) is 16.7 Å². The van der Waals surface area contributed by atoms with Gasteiger partial charge < -0.3 is 9.72 Å². The van der Waals surface area contributed by atoms with Crippen LogP contribution in [0.5, 0.6) is 5.75 Å². The lowest BCUT2D eigenvalue weighted by Crippen LogP contribution is -1.86. The van der Waals surface area contributed by atoms with E-state index >= 15 is 0 Å². The summed E-state index contributed by atoms with van der Waals surface area (Å²) >= 11 is 0. The van der Waals surface area contributed by atoms with Crippen LogP contribution in [0.25, 0.3) is 22.6 Å². The second-order valence-corrected chi connectivity index (χ2v) is 5.02. The third-order valence-corrected chi connectivity index (χ3v) is 3.68. The van der Waals surface area contributed by atoms with Gasteiger partial charge in [-0.05, 0) is 48.4 Å². The fourth-order valence-electron chi connectivity index (χ4n) is 2.40. The molecule has 0 saturated carbocycles. The molecule has 0 aliphatic carbocycles. The average Bonchev–Trinajstić information content (AvgIpc) is 2.97. The lowest BCUT2D eigenvalue weighted by molar-refractivity contribution is 0.415. The van der Waals surface area contributed by atoms with Crippen molar-refractivity contribution in [3.05, 3.63) is 59.5 Å². The van der Waals surface area contributed by atoms with E-state index in [1.165, 1.54) is 0 Å². The number of hydrogen-bond donors (Lipinski definition) is 1. The van der Waals surface area contributed by atoms with Gasteiger partial charge in [0, 0.05) is 35.1 Å². The zero-order valence-corrected chi connectivity index (χ0v) is 12.4. The number of aryl methyl sites for hydroxylation is 1. The zero-order valence-electron chi connectivity index (χ0n) is 12.4. The van der Waals surface area contributed by atoms with Crippen molar-refractivity contribution < 1.29 is 4.74 Å². The smallest absolute Gasteiger partial charge is 0.119 e. The third kappa shape index (κ3) is 2.45. The molecule has 0 spiro atoms. The number of ether oxygens (including phenoxy) is 1. The number of rotatable bonds is 3. The predicted octanol–water partition coefficient (Wildman–Crippen LogP) is 3.94. The molecule has 0 aliphatic heterocycles. The van der Waals surface area contributed by atoms with Gasteiger partial charge in [0.1, 0.15) is 5.75 Å². The van der Waals surface area contributed by atoms with E-state index in [1.807, 2.05) is 43.5 Å². The maximum atomic E-state index is 9.55. The molecule has 4 nitrogen and oxygen atoms in total. The molecule has 0 unspecified atom stereocenters. The second kappa shape index (κ2) is 5.74. The predicted molar refractivity (Wildman–Crippen MR) is 87.3 cm³/mol. The Hall–Kier alpha value is -3.06. The first-order valence-corrected chi connectivity index (χ1v) is 6.91. The summed E-state index contributed by atoms with van der Waals surface area (Å²) in [6.07, 6.45) is 7.23. The quantitative estimate of drug-likeness (QED) is 0.743. The number of hydrogen-bond acceptors (Lipinski definition) is 3. The van der Waals surface area contributed by atoms with Crippen LogP contribution < -0.4 is 4.74 Å². The number of aromatic nitrogens is 2. The normalized spacial score (nSPS) is 11.4. The molecule has 0 amide bonds. The highest BCUT2D eigenvalue weighted by atomic mass is 16.5. The zero-order chi connectivity index (χ0) is 15.5. The van der Waals surface area contributed by atoms with Gasteiger partial charge in [0.15, 0.2) is 0 Å². The first-order chi connectivity index (χ1) is 10.7. The van der Waals surface area contributed by atoms with Crippen molar-refractivity contribution in [1.29, 1.82) is 5.26 Å². The molecule has 3 rings (SSSR count). The maximum Gasteiger partial charge on any atom is 0.119 e. The minimum Gasteiger partial charge on any atom is -0.497 e. The van der Waals surface area contributed by atoms with Crippen LogP contribution in [0.3, 0.4) is 0 Å². The molecule has 0 fully saturated rings. The van der Waals surface area contributed by atoms with E-state index in [0.29, 0.717) is 5.57 Å². The summed E-state index contributed by atoms with van der Waals surface area (Å²) in [5, 5.41) is 10.5. The summed E-state index contributed by atoms with van der Waals surface area (Å²) in [7, 11) is 1.63. The molecule has 0 radical (unpaired) electrons. The molecule has 2 aromatic heterocycles. The van der Waals surface area contributed by atoms with Gasteiger partial charge in [-0.15, -0.1) is 0 Å². The highest BCUT2D eigenvalue weighted by molar-refractivity contribution is 6.01. The Balaban J connectivity index is 2.16. The van der Waals surface area contributed by atoms with Crippen LogP contribution in [-0.4, -0.2) is 17.1 Å². The first kappa shape index (κ1) is 13.9. The number of nitrogens with one attached hydrogen (secondary N) is 1. The van der Waals surface area contributed by atoms with Gasteiger partial charge in [-0.25, -0.2) is 0 Å². The molecule has 108 valence electrons. The number of allylic oxidation sites excluding steroid dienone is 1. The molecule has 0 saturated heterocycles. The van der Waals surface area contributed by atoms with Crippen LogP contribution in [0.2, 0.25) is 0 Å². The van der Waals surface area contributed by atoms with Crippen LogP contribution in [0, 0.1) is 18.3 Å². The van der Waals surface area contributed by atoms with E-state index in [1.54, 1.807) is 19.5 Å². The third-order valence-electron chi connectivity index (χ3n) is 3.68. The molecule has 1 aromatic carbocycles. The number of nitriles is 1. The van der Waals surface area contributed by atoms with E-state index in [-0.39, 0.29) is 0 Å². The number of methoxy groups -OCH3 is 1. The summed E-state index contributed by atoms with van der Waals surface area (Å²) in [6.45, 7) is 2.00. The summed E-state index contributed by atoms with van der Waals surface area (Å²) in [5.41, 5.74) is 4.45. The average molecular weight is 289 g/mol. The number of fused-ring (bicyclic) bond motifs is 1. The Labute approximate surface area is 128 Å². The molecule has 2 heterocycles. The highest BCUT2D eigenvalue weighted by Gasteiger charge is 2.10. The van der Waals surface area contributed by atoms with Crippen molar-refractivity contribution in [2.45, 2.75) is 6.92 Å². The fourth-order valence-corrected chi connectivity index (χ4v) is 2.40. The number of H-pyrrole nitrogens is 1. The van der Waals surface area contributed by atoms with Crippen molar-refractivity contribution in [1.82, 2.24) is 9.97 Å². The van der Waals surface area contributed by atoms with Crippen LogP contribution in [-0.2, 0) is 0 Å². The Morgan fingerprint density at radius 2 is 2.23 bits per heavy atom. The molecule has 22 heavy (non-hydrogen) atoms. The van der Waals surface area contributed by atoms with Crippen LogP contribution in [0.15, 0.2) is 42.9 Å². The number of pyridine rings is 1. The number of nitrogens with zero attached hydrogens (tertiary/aromatic N) is 2. The van der Waals surface area contributed by atoms with Gasteiger partial charge >= 0.3 is 0 Å². The Morgan fingerprint density at radius 1 is 1.36 bits per heavy atom. The molecule has 0 bridgehead atoms. The van der Waals surface area contributed by atoms with Crippen molar-refractivity contribution in [3.63, 3.8) is 0 Å². The topological polar surface area (TPSA) is 61.7 Å². The Morgan fingerprint density at radius 3 is 2.95 bits per heavy atom. The SMILES string of the molecule is COc1ccc2[nH]cc(/C(C#N)=C/c3cnccc3C)c2c1. The molecule has 1 N–H and O–H groups in total. The lowest BCUT2D eigenvalue weighted by atomic mass is 10.0. The maximum absolute atomic E-state index is 9.55. The van der Waals surface area contributed by atoms with Gasteiger partial charge in [0.05, 0.1) is 18.8 Å². The summed E-state index contributed by atoms with van der Waals surface area (Å²) in [4.78, 5) is 7.31. The largest absolute Gasteiger partial charge is 0.497 e. The van der Waals surface area contributed by atoms with Gasteiger partial charge in [-0.3, -0.25) is 4.98 Å². The van der Waals surface area contributed by atoms with Crippen LogP contribution >= 0.6 is 0 Å². The number of aromatic amines is 1. The minimum absolute atomic E-state index is 0.593. The molecule has 0 aliphatic rings. The molecular weight excluding hydrogens is 274 g/mol. The van der Waals surface area contributed by atoms with Gasteiger partial charge in [-0.1, -0.05) is 0 Å². The van der Waals surface area contributed by atoms with Crippen molar-refractivity contribution in [2.24, 2.45) is 0 Å². The molecule has 0 atom stereocenters. The van der Waals surface area contributed by atoms with E-state index < -0.39 is 0 Å². The fraction of sp³-hybridized carbons (Fsp3) is 0.111. The minimum atomic E-state index is 0.593. The Kier molecular flexibility index (Phi) is 3.63. The van der Waals surface area contributed by atoms with Crippen LogP contribution in [0.4, 0.5) is 0 Å². The summed E-state index contributed by atoms with van der Waals surface area (Å²) in [6, 6.07) is 9.98. The summed E-state index contributed by atoms with van der Waals surface area (Å²) < 4.78 is 5.27. The molecule has 3 aromatic rings. The van der Waals surface area contributed by atoms with Crippen molar-refractivity contribution in [3.8, 4) is 11.8 Å². The number of benzene rings is 1. The van der Waals surface area contributed by atoms with Crippen molar-refractivity contribution >= 4 is 22.6 Å². The summed E-state index contributed by atoms with van der Waals surface area (Å²) in [5.74, 6) is 0.767. The molecule has 4 heteroatoms. The van der Waals surface area contributed by atoms with E-state index in [2.05, 4.69) is 16.0 Å². The van der Waals surface area contributed by atoms with Crippen molar-refractivity contribution in [2.75, 3.05) is 7.11 Å². The second-order valence-electron chi connectivity index (χ2n) is 5.02. The van der Waals surface area contributed by atoms with Gasteiger partial charge in [0.25, 0.3) is 0 Å². The van der Waals surface area contributed by atoms with Gasteiger partial charge in [0.2, 0.25) is 0 Å². The molecular formula is C18H15N3O. The first-order valence-electron chi connectivity index (χ1n) is 6.91. The lowest BCUT2D eigenvalue weighted by Gasteiger charge is -2.03. The van der Waals surface area contributed by atoms with Gasteiger partial charge in [-0.2, -0.15) is 5.26 Å². The monoisotopic (exact) mass is 289 g/mol. The van der Waals surface area contributed by atoms with E-state index in [4.69, 9.17) is 4.74 Å². The standard InChI is InChI=1S/C18H15N3O/c1-12-5-6-20-10-14(12)7-13(9-19)17-11-21-18-4-3-15(22-2)8-16(17)18/h3-8,10-11,21H,1-2H3/b13-7+. The van der Waals surface area contributed by atoms with E-state index in [0.717, 1.165) is 33.3 Å². The Bertz CT molecular complexity index is 900. The highest BCUT2D eigenvalue weighted by Crippen LogP contribution is 2.29.